The Morgan fingerprint density at radius 3 is 2.56 bits per heavy atom. The number of hydrogen-bond acceptors (Lipinski definition) is 3. The maximum absolute atomic E-state index is 12.8. The van der Waals surface area contributed by atoms with Crippen molar-refractivity contribution in [2.24, 2.45) is 0 Å². The number of rotatable bonds is 4. The molecule has 0 spiro atoms. The zero-order valence-corrected chi connectivity index (χ0v) is 10.5. The first-order chi connectivity index (χ1) is 8.50. The van der Waals surface area contributed by atoms with Crippen molar-refractivity contribution in [1.29, 1.82) is 0 Å². The molecule has 0 aliphatic carbocycles. The van der Waals surface area contributed by atoms with E-state index in [9.17, 15) is 12.8 Å². The molecule has 0 aliphatic heterocycles. The number of hydrogen-bond donors (Lipinski definition) is 1. The second kappa shape index (κ2) is 4.87. The molecule has 1 aromatic carbocycles. The molecule has 0 aliphatic rings. The second-order valence-electron chi connectivity index (χ2n) is 3.82. The maximum Gasteiger partial charge on any atom is 0.243 e. The van der Waals surface area contributed by atoms with Gasteiger partial charge in [-0.05, 0) is 24.3 Å². The molecule has 7 heteroatoms. The lowest BCUT2D eigenvalue weighted by atomic mass is 10.4. The summed E-state index contributed by atoms with van der Waals surface area (Å²) in [5.41, 5.74) is 0.753. The summed E-state index contributed by atoms with van der Waals surface area (Å²) in [5, 5.41) is 6.36. The van der Waals surface area contributed by atoms with E-state index in [1.807, 2.05) is 0 Å². The van der Waals surface area contributed by atoms with E-state index >= 15 is 0 Å². The number of nitrogens with zero attached hydrogens (tertiary/aromatic N) is 2. The van der Waals surface area contributed by atoms with E-state index in [-0.39, 0.29) is 11.4 Å². The number of H-pyrrole nitrogens is 1. The van der Waals surface area contributed by atoms with Crippen molar-refractivity contribution in [3.8, 4) is 0 Å². The van der Waals surface area contributed by atoms with Gasteiger partial charge < -0.3 is 0 Å². The fourth-order valence-corrected chi connectivity index (χ4v) is 2.65. The molecule has 1 aromatic heterocycles. The second-order valence-corrected chi connectivity index (χ2v) is 5.87. The van der Waals surface area contributed by atoms with Crippen molar-refractivity contribution in [2.45, 2.75) is 11.4 Å². The molecular weight excluding hydrogens is 257 g/mol. The van der Waals surface area contributed by atoms with Crippen molar-refractivity contribution >= 4 is 10.0 Å². The van der Waals surface area contributed by atoms with Crippen LogP contribution in [0, 0.1) is 5.82 Å². The van der Waals surface area contributed by atoms with Crippen molar-refractivity contribution in [3.63, 3.8) is 0 Å². The topological polar surface area (TPSA) is 66.1 Å². The lowest BCUT2D eigenvalue weighted by Crippen LogP contribution is -2.26. The summed E-state index contributed by atoms with van der Waals surface area (Å²) in [4.78, 5) is 0.0647. The molecule has 0 saturated heterocycles. The first kappa shape index (κ1) is 12.7. The van der Waals surface area contributed by atoms with Crippen molar-refractivity contribution in [1.82, 2.24) is 14.5 Å². The van der Waals surface area contributed by atoms with Crippen LogP contribution in [0.3, 0.4) is 0 Å². The van der Waals surface area contributed by atoms with Crippen LogP contribution in [-0.2, 0) is 16.6 Å². The number of aromatic nitrogens is 2. The van der Waals surface area contributed by atoms with E-state index in [0.717, 1.165) is 17.7 Å². The van der Waals surface area contributed by atoms with Gasteiger partial charge in [-0.3, -0.25) is 5.10 Å². The number of benzene rings is 1. The molecule has 96 valence electrons. The van der Waals surface area contributed by atoms with Crippen LogP contribution in [0.15, 0.2) is 41.6 Å². The molecule has 0 saturated carbocycles. The third-order valence-electron chi connectivity index (χ3n) is 2.48. The Bertz CT molecular complexity index is 608. The fraction of sp³-hybridized carbons (Fsp3) is 0.182. The fourth-order valence-electron chi connectivity index (χ4n) is 1.49. The third-order valence-corrected chi connectivity index (χ3v) is 4.30. The minimum absolute atomic E-state index is 0.0647. The van der Waals surface area contributed by atoms with Crippen LogP contribution in [0.5, 0.6) is 0 Å². The average molecular weight is 269 g/mol. The number of halogens is 1. The standard InChI is InChI=1S/C11H12FN3O2S/c1-15(8-9-6-13-14-7-9)18(16,17)11-4-2-10(12)3-5-11/h2-7H,8H2,1H3,(H,13,14). The molecule has 0 unspecified atom stereocenters. The highest BCUT2D eigenvalue weighted by molar-refractivity contribution is 7.89. The van der Waals surface area contributed by atoms with Gasteiger partial charge in [0.1, 0.15) is 5.82 Å². The van der Waals surface area contributed by atoms with Gasteiger partial charge in [-0.25, -0.2) is 12.8 Å². The van der Waals surface area contributed by atoms with Gasteiger partial charge in [0.25, 0.3) is 0 Å². The van der Waals surface area contributed by atoms with Gasteiger partial charge in [-0.2, -0.15) is 9.40 Å². The Morgan fingerprint density at radius 1 is 1.33 bits per heavy atom. The maximum atomic E-state index is 12.8. The van der Waals surface area contributed by atoms with Gasteiger partial charge >= 0.3 is 0 Å². The molecule has 0 radical (unpaired) electrons. The molecule has 1 heterocycles. The molecule has 0 fully saturated rings. The van der Waals surface area contributed by atoms with Crippen molar-refractivity contribution < 1.29 is 12.8 Å². The Labute approximate surface area is 104 Å². The molecule has 2 rings (SSSR count). The molecule has 2 aromatic rings. The molecule has 1 N–H and O–H groups in total. The van der Waals surface area contributed by atoms with Crippen LogP contribution < -0.4 is 0 Å². The summed E-state index contributed by atoms with van der Waals surface area (Å²) in [5.74, 6) is -0.466. The summed E-state index contributed by atoms with van der Waals surface area (Å²) in [7, 11) is -2.14. The highest BCUT2D eigenvalue weighted by atomic mass is 32.2. The third kappa shape index (κ3) is 2.57. The van der Waals surface area contributed by atoms with Gasteiger partial charge in [0.15, 0.2) is 0 Å². The molecule has 0 atom stereocenters. The molecule has 5 nitrogen and oxygen atoms in total. The number of sulfonamides is 1. The van der Waals surface area contributed by atoms with Crippen LogP contribution in [0.2, 0.25) is 0 Å². The number of aromatic amines is 1. The summed E-state index contributed by atoms with van der Waals surface area (Å²) in [6, 6.07) is 4.74. The molecule has 0 bridgehead atoms. The Morgan fingerprint density at radius 2 is 2.00 bits per heavy atom. The highest BCUT2D eigenvalue weighted by Crippen LogP contribution is 2.16. The van der Waals surface area contributed by atoms with Crippen LogP contribution in [0.4, 0.5) is 4.39 Å². The average Bonchev–Trinajstić information content (AvgIpc) is 2.82. The Balaban J connectivity index is 2.22. The minimum Gasteiger partial charge on any atom is -0.285 e. The molecule has 18 heavy (non-hydrogen) atoms. The summed E-state index contributed by atoms with van der Waals surface area (Å²) in [6.45, 7) is 0.205. The Kier molecular flexibility index (Phi) is 3.44. The van der Waals surface area contributed by atoms with E-state index in [1.54, 1.807) is 12.4 Å². The van der Waals surface area contributed by atoms with E-state index in [1.165, 1.54) is 23.5 Å². The van der Waals surface area contributed by atoms with Crippen LogP contribution >= 0.6 is 0 Å². The van der Waals surface area contributed by atoms with Crippen molar-refractivity contribution in [3.05, 3.63) is 48.0 Å². The Hall–Kier alpha value is -1.73. The smallest absolute Gasteiger partial charge is 0.243 e. The first-order valence-electron chi connectivity index (χ1n) is 5.20. The largest absolute Gasteiger partial charge is 0.285 e. The van der Waals surface area contributed by atoms with Crippen molar-refractivity contribution in [2.75, 3.05) is 7.05 Å². The normalized spacial score (nSPS) is 11.9. The van der Waals surface area contributed by atoms with Crippen LogP contribution in [0.25, 0.3) is 0 Å². The van der Waals surface area contributed by atoms with Crippen LogP contribution in [0.1, 0.15) is 5.56 Å². The van der Waals surface area contributed by atoms with Gasteiger partial charge in [-0.1, -0.05) is 0 Å². The van der Waals surface area contributed by atoms with E-state index in [4.69, 9.17) is 0 Å². The molecule has 0 amide bonds. The van der Waals surface area contributed by atoms with Gasteiger partial charge in [0.2, 0.25) is 10.0 Å². The highest BCUT2D eigenvalue weighted by Gasteiger charge is 2.20. The lowest BCUT2D eigenvalue weighted by Gasteiger charge is -2.16. The predicted molar refractivity (Wildman–Crippen MR) is 63.6 cm³/mol. The monoisotopic (exact) mass is 269 g/mol. The zero-order chi connectivity index (χ0) is 13.2. The molecular formula is C11H12FN3O2S. The lowest BCUT2D eigenvalue weighted by molar-refractivity contribution is 0.466. The van der Waals surface area contributed by atoms with Crippen LogP contribution in [-0.4, -0.2) is 30.0 Å². The summed E-state index contributed by atoms with van der Waals surface area (Å²) in [6.07, 6.45) is 3.17. The van der Waals surface area contributed by atoms with E-state index < -0.39 is 15.8 Å². The predicted octanol–water partition coefficient (Wildman–Crippen LogP) is 1.37. The van der Waals surface area contributed by atoms with Gasteiger partial charge in [-0.15, -0.1) is 0 Å². The van der Waals surface area contributed by atoms with E-state index in [2.05, 4.69) is 10.2 Å². The minimum atomic E-state index is -3.61. The number of nitrogens with one attached hydrogen (secondary N) is 1. The van der Waals surface area contributed by atoms with Gasteiger partial charge in [0, 0.05) is 25.4 Å². The summed E-state index contributed by atoms with van der Waals surface area (Å²) < 4.78 is 38.2. The van der Waals surface area contributed by atoms with Gasteiger partial charge in [0.05, 0.1) is 11.1 Å². The van der Waals surface area contributed by atoms with E-state index in [0.29, 0.717) is 0 Å². The zero-order valence-electron chi connectivity index (χ0n) is 9.67. The SMILES string of the molecule is CN(Cc1cn[nH]c1)S(=O)(=O)c1ccc(F)cc1. The quantitative estimate of drug-likeness (QED) is 0.911. The first-order valence-corrected chi connectivity index (χ1v) is 6.64. The summed E-state index contributed by atoms with van der Waals surface area (Å²) >= 11 is 0.